The van der Waals surface area contributed by atoms with E-state index in [-0.39, 0.29) is 0 Å². The average molecular weight is 473 g/mol. The lowest BCUT2D eigenvalue weighted by Gasteiger charge is -2.38. The zero-order valence-corrected chi connectivity index (χ0v) is 20.0. The van der Waals surface area contributed by atoms with Crippen molar-refractivity contribution in [3.8, 4) is 11.1 Å². The first kappa shape index (κ1) is 18.4. The maximum Gasteiger partial charge on any atom is 0.0256 e. The Labute approximate surface area is 195 Å². The van der Waals surface area contributed by atoms with Crippen molar-refractivity contribution in [3.63, 3.8) is 0 Å². The Morgan fingerprint density at radius 1 is 0.484 bits per heavy atom. The van der Waals surface area contributed by atoms with Gasteiger partial charge in [0, 0.05) is 4.47 Å². The third kappa shape index (κ3) is 2.71. The molecular formula is C30H33Br. The Kier molecular flexibility index (Phi) is 3.85. The van der Waals surface area contributed by atoms with Gasteiger partial charge in [0.15, 0.2) is 0 Å². The van der Waals surface area contributed by atoms with E-state index in [0.29, 0.717) is 0 Å². The first-order valence-corrected chi connectivity index (χ1v) is 13.9. The number of hydrogen-bond acceptors (Lipinski definition) is 0. The molecular weight excluding hydrogens is 440 g/mol. The molecule has 0 N–H and O–H groups in total. The summed E-state index contributed by atoms with van der Waals surface area (Å²) in [5.74, 6) is 7.33. The molecule has 0 radical (unpaired) electrons. The van der Waals surface area contributed by atoms with Gasteiger partial charge in [-0.1, -0.05) is 34.1 Å². The van der Waals surface area contributed by atoms with Gasteiger partial charge in [0.05, 0.1) is 0 Å². The fourth-order valence-electron chi connectivity index (χ4n) is 9.72. The van der Waals surface area contributed by atoms with Gasteiger partial charge in [0.1, 0.15) is 0 Å². The molecule has 160 valence electrons. The fourth-order valence-corrected chi connectivity index (χ4v) is 10.3. The summed E-state index contributed by atoms with van der Waals surface area (Å²) in [7, 11) is 0. The molecule has 4 atom stereocenters. The highest BCUT2D eigenvalue weighted by molar-refractivity contribution is 9.10. The summed E-state index contributed by atoms with van der Waals surface area (Å²) in [5, 5.41) is 0. The lowest BCUT2D eigenvalue weighted by Crippen LogP contribution is -2.25. The minimum Gasteiger partial charge on any atom is -0.0579 e. The van der Waals surface area contributed by atoms with Gasteiger partial charge in [0.25, 0.3) is 0 Å². The molecule has 4 saturated carbocycles. The molecule has 8 aliphatic carbocycles. The van der Waals surface area contributed by atoms with Gasteiger partial charge < -0.3 is 0 Å². The molecule has 0 spiro atoms. The van der Waals surface area contributed by atoms with Crippen LogP contribution in [0.3, 0.4) is 0 Å². The third-order valence-electron chi connectivity index (χ3n) is 10.6. The van der Waals surface area contributed by atoms with E-state index in [4.69, 9.17) is 0 Å². The molecule has 0 nitrogen and oxygen atoms in total. The van der Waals surface area contributed by atoms with E-state index in [0.717, 1.165) is 47.3 Å². The monoisotopic (exact) mass is 472 g/mol. The van der Waals surface area contributed by atoms with Crippen LogP contribution in [0.15, 0.2) is 34.8 Å². The van der Waals surface area contributed by atoms with Gasteiger partial charge in [-0.25, -0.2) is 0 Å². The smallest absolute Gasteiger partial charge is 0.0256 e. The van der Waals surface area contributed by atoms with Crippen LogP contribution >= 0.6 is 15.9 Å². The Hall–Kier alpha value is -1.08. The van der Waals surface area contributed by atoms with E-state index in [1.54, 1.807) is 22.3 Å². The first-order chi connectivity index (χ1) is 15.2. The van der Waals surface area contributed by atoms with E-state index in [9.17, 15) is 0 Å². The summed E-state index contributed by atoms with van der Waals surface area (Å²) >= 11 is 4.05. The maximum absolute atomic E-state index is 4.05. The van der Waals surface area contributed by atoms with E-state index in [1.165, 1.54) is 79.8 Å². The summed E-state index contributed by atoms with van der Waals surface area (Å²) in [6.07, 6.45) is 14.7. The Balaban J connectivity index is 1.25. The summed E-state index contributed by atoms with van der Waals surface area (Å²) < 4.78 is 1.34. The summed E-state index contributed by atoms with van der Waals surface area (Å²) in [4.78, 5) is 0. The van der Waals surface area contributed by atoms with Crippen molar-refractivity contribution in [1.29, 1.82) is 0 Å². The van der Waals surface area contributed by atoms with E-state index in [2.05, 4.69) is 46.3 Å². The van der Waals surface area contributed by atoms with Crippen molar-refractivity contribution in [3.05, 3.63) is 57.1 Å². The average Bonchev–Trinajstić information content (AvgIpc) is 3.03. The molecule has 0 aromatic heterocycles. The minimum atomic E-state index is 0.824. The Morgan fingerprint density at radius 3 is 1.48 bits per heavy atom. The molecule has 4 fully saturated rings. The van der Waals surface area contributed by atoms with Crippen LogP contribution in [0, 0.1) is 23.7 Å². The zero-order valence-electron chi connectivity index (χ0n) is 18.5. The van der Waals surface area contributed by atoms with Gasteiger partial charge in [0.2, 0.25) is 0 Å². The van der Waals surface area contributed by atoms with Crippen LogP contribution in [-0.4, -0.2) is 0 Å². The molecule has 0 aliphatic heterocycles. The fraction of sp³-hybridized carbons (Fsp3) is 0.600. The molecule has 8 aliphatic rings. The predicted molar refractivity (Wildman–Crippen MR) is 131 cm³/mol. The minimum absolute atomic E-state index is 0.824. The van der Waals surface area contributed by atoms with E-state index in [1.807, 2.05) is 0 Å². The normalized spacial score (nSPS) is 41.1. The summed E-state index contributed by atoms with van der Waals surface area (Å²) in [6.45, 7) is 0. The molecule has 1 heteroatoms. The molecule has 4 unspecified atom stereocenters. The third-order valence-corrected chi connectivity index (χ3v) is 11.3. The second-order valence-corrected chi connectivity index (χ2v) is 13.3. The van der Waals surface area contributed by atoms with Gasteiger partial charge >= 0.3 is 0 Å². The molecule has 0 saturated heterocycles. The molecule has 31 heavy (non-hydrogen) atoms. The summed E-state index contributed by atoms with van der Waals surface area (Å²) in [6, 6.07) is 12.8. The molecule has 2 aromatic rings. The van der Waals surface area contributed by atoms with Gasteiger partial charge in [-0.15, -0.1) is 0 Å². The Bertz CT molecular complexity index is 1050. The zero-order chi connectivity index (χ0) is 20.3. The van der Waals surface area contributed by atoms with Crippen LogP contribution in [0.1, 0.15) is 110 Å². The van der Waals surface area contributed by atoms with Crippen molar-refractivity contribution in [1.82, 2.24) is 0 Å². The van der Waals surface area contributed by atoms with Crippen molar-refractivity contribution in [2.45, 2.75) is 87.9 Å². The van der Waals surface area contributed by atoms with Crippen molar-refractivity contribution in [2.24, 2.45) is 23.7 Å². The number of benzene rings is 2. The highest BCUT2D eigenvalue weighted by Gasteiger charge is 2.43. The number of halogens is 1. The van der Waals surface area contributed by atoms with Crippen LogP contribution in [-0.2, 0) is 0 Å². The van der Waals surface area contributed by atoms with Gasteiger partial charge in [-0.2, -0.15) is 0 Å². The van der Waals surface area contributed by atoms with E-state index >= 15 is 0 Å². The van der Waals surface area contributed by atoms with Gasteiger partial charge in [-0.3, -0.25) is 0 Å². The second-order valence-electron chi connectivity index (χ2n) is 12.4. The molecule has 0 amide bonds. The first-order valence-electron chi connectivity index (χ1n) is 13.2. The van der Waals surface area contributed by atoms with Crippen molar-refractivity contribution in [2.75, 3.05) is 0 Å². The van der Waals surface area contributed by atoms with Gasteiger partial charge in [-0.05, 0) is 157 Å². The SMILES string of the molecule is Brc1cc2c(cc1-c1ccc3c(c1)C1CC4CC(CC3C4)C1)C1CC3CC(CC2C3)C1. The molecule has 8 bridgehead atoms. The number of rotatable bonds is 1. The Morgan fingerprint density at radius 2 is 0.935 bits per heavy atom. The largest absolute Gasteiger partial charge is 0.0579 e. The lowest BCUT2D eigenvalue weighted by atomic mass is 9.67. The van der Waals surface area contributed by atoms with E-state index < -0.39 is 0 Å². The van der Waals surface area contributed by atoms with Crippen LogP contribution in [0.2, 0.25) is 0 Å². The highest BCUT2D eigenvalue weighted by Crippen LogP contribution is 2.58. The van der Waals surface area contributed by atoms with Crippen molar-refractivity contribution < 1.29 is 0 Å². The topological polar surface area (TPSA) is 0 Å². The predicted octanol–water partition coefficient (Wildman–Crippen LogP) is 8.90. The van der Waals surface area contributed by atoms with Crippen molar-refractivity contribution >= 4 is 15.9 Å². The second kappa shape index (κ2) is 6.49. The van der Waals surface area contributed by atoms with Crippen LogP contribution < -0.4 is 0 Å². The molecule has 0 heterocycles. The lowest BCUT2D eigenvalue weighted by molar-refractivity contribution is 0.165. The highest BCUT2D eigenvalue weighted by atomic mass is 79.9. The van der Waals surface area contributed by atoms with Crippen LogP contribution in [0.25, 0.3) is 11.1 Å². The van der Waals surface area contributed by atoms with Crippen LogP contribution in [0.4, 0.5) is 0 Å². The standard InChI is InChI=1S/C30H33Br/c31-30-15-28-24-11-18-4-19(12-24)10-23(9-18)27(28)14-29(30)20-1-2-25-21-5-16-3-17(6-21)8-22(7-16)26(25)13-20/h1-2,13-19,21-24H,3-12H2. The quantitative estimate of drug-likeness (QED) is 0.388. The molecule has 2 aromatic carbocycles. The molecule has 10 rings (SSSR count). The van der Waals surface area contributed by atoms with Crippen LogP contribution in [0.5, 0.6) is 0 Å². The summed E-state index contributed by atoms with van der Waals surface area (Å²) in [5.41, 5.74) is 9.82. The maximum atomic E-state index is 4.05. The number of hydrogen-bond donors (Lipinski definition) is 0.